The predicted molar refractivity (Wildman–Crippen MR) is 79.7 cm³/mol. The number of rotatable bonds is 3. The largest absolute Gasteiger partial charge is 0.271 e. The van der Waals surface area contributed by atoms with Crippen LogP contribution in [0.5, 0.6) is 0 Å². The van der Waals surface area contributed by atoms with Crippen LogP contribution in [-0.2, 0) is 0 Å². The smallest absolute Gasteiger partial charge is 0.128 e. The summed E-state index contributed by atoms with van der Waals surface area (Å²) in [6, 6.07) is 9.09. The summed E-state index contributed by atoms with van der Waals surface area (Å²) in [6.45, 7) is 0. The zero-order valence-electron chi connectivity index (χ0n) is 9.63. The van der Waals surface area contributed by atoms with E-state index in [2.05, 4.69) is 21.4 Å². The number of hydrogen-bond acceptors (Lipinski definition) is 2. The van der Waals surface area contributed by atoms with Crippen LogP contribution in [0.3, 0.4) is 0 Å². The van der Waals surface area contributed by atoms with Gasteiger partial charge in [-0.3, -0.25) is 5.84 Å². The van der Waals surface area contributed by atoms with Crippen LogP contribution in [0.15, 0.2) is 40.9 Å². The Kier molecular flexibility index (Phi) is 4.81. The van der Waals surface area contributed by atoms with E-state index < -0.39 is 6.04 Å². The number of nitrogens with two attached hydrogens (primary N) is 1. The summed E-state index contributed by atoms with van der Waals surface area (Å²) in [5.41, 5.74) is 3.64. The van der Waals surface area contributed by atoms with Crippen molar-refractivity contribution >= 4 is 39.1 Å². The molecule has 0 spiro atoms. The predicted octanol–water partition coefficient (Wildman–Crippen LogP) is 4.45. The minimum Gasteiger partial charge on any atom is -0.271 e. The Morgan fingerprint density at radius 2 is 1.84 bits per heavy atom. The molecule has 0 aliphatic rings. The summed E-state index contributed by atoms with van der Waals surface area (Å²) < 4.78 is 14.7. The normalized spacial score (nSPS) is 12.5. The van der Waals surface area contributed by atoms with Crippen LogP contribution in [0.25, 0.3) is 0 Å². The third kappa shape index (κ3) is 3.27. The van der Waals surface area contributed by atoms with Crippen LogP contribution in [0.4, 0.5) is 4.39 Å². The minimum absolute atomic E-state index is 0.364. The molecule has 0 aliphatic carbocycles. The first kappa shape index (κ1) is 14.8. The van der Waals surface area contributed by atoms with Gasteiger partial charge < -0.3 is 0 Å². The lowest BCUT2D eigenvalue weighted by Crippen LogP contribution is -2.29. The summed E-state index contributed by atoms with van der Waals surface area (Å²) >= 11 is 15.3. The van der Waals surface area contributed by atoms with E-state index in [0.29, 0.717) is 21.2 Å². The van der Waals surface area contributed by atoms with Gasteiger partial charge in [-0.25, -0.2) is 9.82 Å². The van der Waals surface area contributed by atoms with Crippen LogP contribution in [0, 0.1) is 5.82 Å². The second-order valence-electron chi connectivity index (χ2n) is 3.93. The highest BCUT2D eigenvalue weighted by Crippen LogP contribution is 2.32. The molecule has 0 amide bonds. The molecular weight excluding hydrogens is 354 g/mol. The monoisotopic (exact) mass is 362 g/mol. The molecule has 1 unspecified atom stereocenters. The topological polar surface area (TPSA) is 38.0 Å². The molecule has 2 aromatic carbocycles. The molecule has 0 aliphatic heterocycles. The molecule has 0 bridgehead atoms. The molecule has 0 saturated carbocycles. The highest BCUT2D eigenvalue weighted by atomic mass is 79.9. The molecule has 0 aromatic heterocycles. The summed E-state index contributed by atoms with van der Waals surface area (Å²) in [7, 11) is 0. The molecule has 6 heteroatoms. The zero-order chi connectivity index (χ0) is 14.0. The number of benzene rings is 2. The maximum absolute atomic E-state index is 13.9. The maximum atomic E-state index is 13.9. The Morgan fingerprint density at radius 1 is 1.11 bits per heavy atom. The van der Waals surface area contributed by atoms with Crippen molar-refractivity contribution in [3.05, 3.63) is 67.9 Å². The second-order valence-corrected chi connectivity index (χ2v) is 5.69. The lowest BCUT2D eigenvalue weighted by molar-refractivity contribution is 0.560. The van der Waals surface area contributed by atoms with Crippen molar-refractivity contribution in [3.63, 3.8) is 0 Å². The van der Waals surface area contributed by atoms with Gasteiger partial charge in [0.1, 0.15) is 5.82 Å². The van der Waals surface area contributed by atoms with E-state index in [-0.39, 0.29) is 5.82 Å². The quantitative estimate of drug-likeness (QED) is 0.624. The summed E-state index contributed by atoms with van der Waals surface area (Å²) in [6.07, 6.45) is 0. The van der Waals surface area contributed by atoms with Crippen LogP contribution in [0.1, 0.15) is 17.2 Å². The number of nitrogens with one attached hydrogen (secondary N) is 1. The van der Waals surface area contributed by atoms with E-state index in [1.165, 1.54) is 6.07 Å². The van der Waals surface area contributed by atoms with Gasteiger partial charge in [-0.1, -0.05) is 45.2 Å². The van der Waals surface area contributed by atoms with Gasteiger partial charge in [0.15, 0.2) is 0 Å². The first-order valence-corrected chi connectivity index (χ1v) is 6.94. The van der Waals surface area contributed by atoms with Gasteiger partial charge in [0, 0.05) is 20.1 Å². The van der Waals surface area contributed by atoms with Crippen molar-refractivity contribution < 1.29 is 4.39 Å². The minimum atomic E-state index is -0.553. The van der Waals surface area contributed by atoms with Crippen LogP contribution < -0.4 is 11.3 Å². The molecule has 19 heavy (non-hydrogen) atoms. The van der Waals surface area contributed by atoms with Gasteiger partial charge >= 0.3 is 0 Å². The zero-order valence-corrected chi connectivity index (χ0v) is 12.7. The highest BCUT2D eigenvalue weighted by molar-refractivity contribution is 9.10. The fourth-order valence-electron chi connectivity index (χ4n) is 1.82. The molecule has 2 rings (SSSR count). The van der Waals surface area contributed by atoms with E-state index >= 15 is 0 Å². The lowest BCUT2D eigenvalue weighted by atomic mass is 9.99. The maximum Gasteiger partial charge on any atom is 0.128 e. The number of hydrazine groups is 1. The van der Waals surface area contributed by atoms with E-state index in [1.54, 1.807) is 30.3 Å². The SMILES string of the molecule is NNC(c1cc(Br)ccc1F)c1ccc(Cl)cc1Cl. The summed E-state index contributed by atoms with van der Waals surface area (Å²) in [4.78, 5) is 0. The van der Waals surface area contributed by atoms with Gasteiger partial charge in [0.25, 0.3) is 0 Å². The fourth-order valence-corrected chi connectivity index (χ4v) is 2.71. The first-order chi connectivity index (χ1) is 9.02. The first-order valence-electron chi connectivity index (χ1n) is 5.39. The van der Waals surface area contributed by atoms with E-state index in [9.17, 15) is 4.39 Å². The molecule has 2 aromatic rings. The Hall–Kier alpha value is -0.650. The Balaban J connectivity index is 2.52. The third-order valence-corrected chi connectivity index (χ3v) is 3.76. The third-order valence-electron chi connectivity index (χ3n) is 2.71. The Labute approximate surface area is 128 Å². The Morgan fingerprint density at radius 3 is 2.47 bits per heavy atom. The van der Waals surface area contributed by atoms with Gasteiger partial charge in [-0.2, -0.15) is 0 Å². The standard InChI is InChI=1S/C13H10BrCl2FN2/c14-7-1-4-12(17)10(5-7)13(19-18)9-3-2-8(15)6-11(9)16/h1-6,13,19H,18H2. The van der Waals surface area contributed by atoms with Crippen molar-refractivity contribution in [2.45, 2.75) is 6.04 Å². The van der Waals surface area contributed by atoms with Gasteiger partial charge in [0.05, 0.1) is 6.04 Å². The molecule has 0 radical (unpaired) electrons. The molecule has 0 saturated heterocycles. The van der Waals surface area contributed by atoms with Crippen LogP contribution in [0.2, 0.25) is 10.0 Å². The number of hydrogen-bond donors (Lipinski definition) is 2. The molecule has 100 valence electrons. The van der Waals surface area contributed by atoms with Crippen molar-refractivity contribution in [1.29, 1.82) is 0 Å². The molecule has 0 heterocycles. The Bertz CT molecular complexity index is 607. The van der Waals surface area contributed by atoms with E-state index in [4.69, 9.17) is 29.0 Å². The van der Waals surface area contributed by atoms with Gasteiger partial charge in [-0.05, 0) is 35.9 Å². The molecule has 2 nitrogen and oxygen atoms in total. The van der Waals surface area contributed by atoms with E-state index in [0.717, 1.165) is 4.47 Å². The molecular formula is C13H10BrCl2FN2. The van der Waals surface area contributed by atoms with Gasteiger partial charge in [0.2, 0.25) is 0 Å². The van der Waals surface area contributed by atoms with E-state index in [1.807, 2.05) is 0 Å². The fraction of sp³-hybridized carbons (Fsp3) is 0.0769. The average molecular weight is 364 g/mol. The van der Waals surface area contributed by atoms with Crippen LogP contribution in [-0.4, -0.2) is 0 Å². The van der Waals surface area contributed by atoms with Crippen LogP contribution >= 0.6 is 39.1 Å². The summed E-state index contributed by atoms with van der Waals surface area (Å²) in [5, 5.41) is 0.939. The summed E-state index contributed by atoms with van der Waals surface area (Å²) in [5.74, 6) is 5.18. The molecule has 1 atom stereocenters. The van der Waals surface area contributed by atoms with Crippen molar-refractivity contribution in [3.8, 4) is 0 Å². The molecule has 0 fully saturated rings. The number of halogens is 4. The average Bonchev–Trinajstić information content (AvgIpc) is 2.36. The van der Waals surface area contributed by atoms with Gasteiger partial charge in [-0.15, -0.1) is 0 Å². The lowest BCUT2D eigenvalue weighted by Gasteiger charge is -2.19. The van der Waals surface area contributed by atoms with Crippen molar-refractivity contribution in [1.82, 2.24) is 5.43 Å². The highest BCUT2D eigenvalue weighted by Gasteiger charge is 2.19. The van der Waals surface area contributed by atoms with Crippen molar-refractivity contribution in [2.75, 3.05) is 0 Å². The van der Waals surface area contributed by atoms with Crippen molar-refractivity contribution in [2.24, 2.45) is 5.84 Å². The second kappa shape index (κ2) is 6.20. The molecule has 3 N–H and O–H groups in total.